The van der Waals surface area contributed by atoms with Crippen LogP contribution in [0.15, 0.2) is 36.4 Å². The van der Waals surface area contributed by atoms with E-state index in [0.29, 0.717) is 11.4 Å². The molecule has 0 spiro atoms. The van der Waals surface area contributed by atoms with Crippen molar-refractivity contribution in [3.05, 3.63) is 47.0 Å². The van der Waals surface area contributed by atoms with Crippen molar-refractivity contribution in [1.29, 1.82) is 0 Å². The topological polar surface area (TPSA) is 94.2 Å². The van der Waals surface area contributed by atoms with E-state index in [9.17, 15) is 14.4 Å². The van der Waals surface area contributed by atoms with Crippen molar-refractivity contribution >= 4 is 40.8 Å². The number of para-hydroxylation sites is 2. The summed E-state index contributed by atoms with van der Waals surface area (Å²) in [7, 11) is 2.84. The predicted molar refractivity (Wildman–Crippen MR) is 111 cm³/mol. The minimum absolute atomic E-state index is 0.0986. The Morgan fingerprint density at radius 2 is 1.83 bits per heavy atom. The molecule has 0 radical (unpaired) electrons. The zero-order valence-electron chi connectivity index (χ0n) is 16.9. The van der Waals surface area contributed by atoms with Gasteiger partial charge in [-0.2, -0.15) is 0 Å². The van der Waals surface area contributed by atoms with Gasteiger partial charge in [-0.3, -0.25) is 14.5 Å². The number of halogens is 1. The fourth-order valence-corrected chi connectivity index (χ4v) is 3.50. The summed E-state index contributed by atoms with van der Waals surface area (Å²) in [5.74, 6) is -1.11. The van der Waals surface area contributed by atoms with Gasteiger partial charge >= 0.3 is 5.97 Å². The third-order valence-corrected chi connectivity index (χ3v) is 5.03. The fourth-order valence-electron chi connectivity index (χ4n) is 3.21. The van der Waals surface area contributed by atoms with Crippen molar-refractivity contribution in [2.45, 2.75) is 19.4 Å². The maximum absolute atomic E-state index is 12.9. The van der Waals surface area contributed by atoms with Crippen molar-refractivity contribution in [2.75, 3.05) is 31.0 Å². The Bertz CT molecular complexity index is 1020. The summed E-state index contributed by atoms with van der Waals surface area (Å²) in [5, 5.41) is 2.94. The number of hydrogen-bond acceptors (Lipinski definition) is 6. The summed E-state index contributed by atoms with van der Waals surface area (Å²) in [6.45, 7) is 2.67. The lowest BCUT2D eigenvalue weighted by atomic mass is 9.96. The monoisotopic (exact) mass is 432 g/mol. The summed E-state index contributed by atoms with van der Waals surface area (Å²) < 4.78 is 15.5. The molecule has 0 aliphatic carbocycles. The van der Waals surface area contributed by atoms with Crippen LogP contribution in [-0.4, -0.2) is 44.1 Å². The fraction of sp³-hybridized carbons (Fsp3) is 0.286. The zero-order chi connectivity index (χ0) is 22.1. The van der Waals surface area contributed by atoms with E-state index in [0.717, 1.165) is 0 Å². The number of anilines is 2. The molecule has 0 unspecified atom stereocenters. The van der Waals surface area contributed by atoms with E-state index in [2.05, 4.69) is 5.32 Å². The Balaban J connectivity index is 1.81. The van der Waals surface area contributed by atoms with E-state index >= 15 is 0 Å². The highest BCUT2D eigenvalue weighted by atomic mass is 35.5. The molecule has 2 aromatic carbocycles. The van der Waals surface area contributed by atoms with Gasteiger partial charge in [-0.25, -0.2) is 4.79 Å². The number of amides is 2. The molecular formula is C21H21ClN2O6. The van der Waals surface area contributed by atoms with Crippen LogP contribution in [0.4, 0.5) is 11.4 Å². The molecule has 0 atom stereocenters. The number of benzene rings is 2. The first-order valence-corrected chi connectivity index (χ1v) is 9.40. The van der Waals surface area contributed by atoms with Crippen LogP contribution >= 0.6 is 11.6 Å². The van der Waals surface area contributed by atoms with Crippen LogP contribution in [0.3, 0.4) is 0 Å². The lowest BCUT2D eigenvalue weighted by molar-refractivity contribution is -0.128. The highest BCUT2D eigenvalue weighted by Crippen LogP contribution is 2.37. The number of ether oxygens (including phenoxy) is 3. The first-order valence-electron chi connectivity index (χ1n) is 9.03. The van der Waals surface area contributed by atoms with Crippen LogP contribution in [0.2, 0.25) is 5.02 Å². The molecule has 0 aromatic heterocycles. The van der Waals surface area contributed by atoms with Gasteiger partial charge in [0.1, 0.15) is 5.54 Å². The molecule has 8 nitrogen and oxygen atoms in total. The maximum Gasteiger partial charge on any atom is 0.338 e. The van der Waals surface area contributed by atoms with Gasteiger partial charge in [-0.15, -0.1) is 0 Å². The SMILES string of the molecule is COc1cc(C(=O)OCC(=O)N2c3ccccc3NC(=O)C2(C)C)cc(Cl)c1OC. The van der Waals surface area contributed by atoms with Gasteiger partial charge in [0, 0.05) is 0 Å². The summed E-state index contributed by atoms with van der Waals surface area (Å²) >= 11 is 6.12. The number of rotatable bonds is 5. The Kier molecular flexibility index (Phi) is 5.89. The maximum atomic E-state index is 12.9. The lowest BCUT2D eigenvalue weighted by Crippen LogP contribution is -2.59. The molecule has 2 amide bonds. The number of carbonyl (C=O) groups excluding carboxylic acids is 3. The molecule has 3 rings (SSSR count). The molecule has 1 N–H and O–H groups in total. The Morgan fingerprint density at radius 3 is 2.50 bits per heavy atom. The molecule has 0 bridgehead atoms. The Hall–Kier alpha value is -3.26. The van der Waals surface area contributed by atoms with Crippen LogP contribution in [0.25, 0.3) is 0 Å². The number of nitrogens with one attached hydrogen (secondary N) is 1. The van der Waals surface area contributed by atoms with E-state index in [-0.39, 0.29) is 28.0 Å². The van der Waals surface area contributed by atoms with Gasteiger partial charge in [0.25, 0.3) is 5.91 Å². The zero-order valence-corrected chi connectivity index (χ0v) is 17.7. The molecule has 2 aromatic rings. The molecule has 1 aliphatic heterocycles. The van der Waals surface area contributed by atoms with E-state index in [1.807, 2.05) is 0 Å². The standard InChI is InChI=1S/C21H21ClN2O6/c1-21(2)20(27)23-14-7-5-6-8-15(14)24(21)17(25)11-30-19(26)12-9-13(22)18(29-4)16(10-12)28-3/h5-10H,11H2,1-4H3,(H,23,27). The quantitative estimate of drug-likeness (QED) is 0.729. The van der Waals surface area contributed by atoms with Crippen LogP contribution in [0.1, 0.15) is 24.2 Å². The van der Waals surface area contributed by atoms with Gasteiger partial charge in [-0.1, -0.05) is 23.7 Å². The van der Waals surface area contributed by atoms with Crippen molar-refractivity contribution in [2.24, 2.45) is 0 Å². The normalized spacial score (nSPS) is 14.4. The van der Waals surface area contributed by atoms with Crippen molar-refractivity contribution in [3.63, 3.8) is 0 Å². The minimum Gasteiger partial charge on any atom is -0.493 e. The molecule has 0 saturated heterocycles. The third-order valence-electron chi connectivity index (χ3n) is 4.75. The van der Waals surface area contributed by atoms with Gasteiger partial charge in [0.05, 0.1) is 36.2 Å². The van der Waals surface area contributed by atoms with Crippen LogP contribution in [0, 0.1) is 0 Å². The number of methoxy groups -OCH3 is 2. The van der Waals surface area contributed by atoms with Gasteiger partial charge < -0.3 is 19.5 Å². The summed E-state index contributed by atoms with van der Waals surface area (Å²) in [5.41, 5.74) is -0.0308. The van der Waals surface area contributed by atoms with Crippen LogP contribution in [0.5, 0.6) is 11.5 Å². The minimum atomic E-state index is -1.16. The number of hydrogen-bond donors (Lipinski definition) is 1. The molecule has 1 heterocycles. The second-order valence-corrected chi connectivity index (χ2v) is 7.44. The van der Waals surface area contributed by atoms with Gasteiger partial charge in [0.2, 0.25) is 5.91 Å². The summed E-state index contributed by atoms with van der Waals surface area (Å²) in [6, 6.07) is 9.68. The number of fused-ring (bicyclic) bond motifs is 1. The third kappa shape index (κ3) is 3.78. The smallest absolute Gasteiger partial charge is 0.338 e. The molecule has 30 heavy (non-hydrogen) atoms. The number of nitrogens with zero attached hydrogens (tertiary/aromatic N) is 1. The molecular weight excluding hydrogens is 412 g/mol. The second kappa shape index (κ2) is 8.23. The molecule has 0 saturated carbocycles. The molecule has 9 heteroatoms. The van der Waals surface area contributed by atoms with Crippen molar-refractivity contribution in [3.8, 4) is 11.5 Å². The van der Waals surface area contributed by atoms with Crippen molar-refractivity contribution < 1.29 is 28.6 Å². The van der Waals surface area contributed by atoms with Crippen molar-refractivity contribution in [1.82, 2.24) is 0 Å². The highest BCUT2D eigenvalue weighted by molar-refractivity contribution is 6.32. The number of carbonyl (C=O) groups is 3. The van der Waals surface area contributed by atoms with Gasteiger partial charge in [0.15, 0.2) is 18.1 Å². The van der Waals surface area contributed by atoms with E-state index in [4.69, 9.17) is 25.8 Å². The van der Waals surface area contributed by atoms with E-state index in [1.165, 1.54) is 31.3 Å². The number of esters is 1. The molecule has 0 fully saturated rings. The van der Waals surface area contributed by atoms with E-state index < -0.39 is 24.0 Å². The molecule has 1 aliphatic rings. The van der Waals surface area contributed by atoms with Gasteiger partial charge in [-0.05, 0) is 38.1 Å². The Labute approximate surface area is 178 Å². The first kappa shape index (κ1) is 21.4. The largest absolute Gasteiger partial charge is 0.493 e. The average Bonchev–Trinajstić information content (AvgIpc) is 2.71. The highest BCUT2D eigenvalue weighted by Gasteiger charge is 2.43. The molecule has 158 valence electrons. The first-order chi connectivity index (χ1) is 14.2. The van der Waals surface area contributed by atoms with Crippen LogP contribution < -0.4 is 19.7 Å². The summed E-state index contributed by atoms with van der Waals surface area (Å²) in [4.78, 5) is 39.2. The Morgan fingerprint density at radius 1 is 1.13 bits per heavy atom. The predicted octanol–water partition coefficient (Wildman–Crippen LogP) is 3.28. The lowest BCUT2D eigenvalue weighted by Gasteiger charge is -2.41. The summed E-state index contributed by atoms with van der Waals surface area (Å²) in [6.07, 6.45) is 0. The average molecular weight is 433 g/mol. The second-order valence-electron chi connectivity index (χ2n) is 7.03. The van der Waals surface area contributed by atoms with Crippen LogP contribution in [-0.2, 0) is 14.3 Å². The van der Waals surface area contributed by atoms with E-state index in [1.54, 1.807) is 38.1 Å².